The highest BCUT2D eigenvalue weighted by Crippen LogP contribution is 2.22. The lowest BCUT2D eigenvalue weighted by atomic mass is 10.2. The summed E-state index contributed by atoms with van der Waals surface area (Å²) in [4.78, 5) is 11.3. The van der Waals surface area contributed by atoms with Gasteiger partial charge in [0.2, 0.25) is 11.8 Å². The maximum Gasteiger partial charge on any atom is 0.259 e. The molecule has 0 aliphatic rings. The topological polar surface area (TPSA) is 82.4 Å². The number of hydrogen-bond donors (Lipinski definition) is 1. The third-order valence-corrected chi connectivity index (χ3v) is 3.95. The monoisotopic (exact) mass is 408 g/mol. The molecule has 0 atom stereocenters. The summed E-state index contributed by atoms with van der Waals surface area (Å²) >= 11 is 0. The van der Waals surface area contributed by atoms with E-state index in [1.54, 1.807) is 36.4 Å². The number of hydrogen-bond acceptors (Lipinski definition) is 5. The Morgan fingerprint density at radius 1 is 0.833 bits per heavy atom. The SMILES string of the molecule is NCCc1coc(-c2ccccc2F)n1.[C-]#[N+]Cc1coc(-c2ccccc2F)n1. The van der Waals surface area contributed by atoms with Crippen molar-refractivity contribution in [2.75, 3.05) is 6.54 Å². The molecule has 0 aliphatic carbocycles. The van der Waals surface area contributed by atoms with Crippen LogP contribution in [0, 0.1) is 18.2 Å². The Bertz CT molecular complexity index is 1150. The Labute approximate surface area is 171 Å². The second-order valence-electron chi connectivity index (χ2n) is 6.10. The zero-order chi connectivity index (χ0) is 21.3. The summed E-state index contributed by atoms with van der Waals surface area (Å²) in [7, 11) is 0. The largest absolute Gasteiger partial charge is 0.444 e. The van der Waals surface area contributed by atoms with Gasteiger partial charge in [0.1, 0.15) is 24.2 Å². The van der Waals surface area contributed by atoms with Crippen LogP contribution in [0.2, 0.25) is 0 Å². The molecule has 152 valence electrons. The van der Waals surface area contributed by atoms with Crippen LogP contribution in [0.4, 0.5) is 8.78 Å². The quantitative estimate of drug-likeness (QED) is 0.476. The first-order valence-corrected chi connectivity index (χ1v) is 9.04. The highest BCUT2D eigenvalue weighted by atomic mass is 19.1. The first-order valence-electron chi connectivity index (χ1n) is 9.04. The molecule has 4 aromatic rings. The van der Waals surface area contributed by atoms with Gasteiger partial charge < -0.3 is 19.4 Å². The van der Waals surface area contributed by atoms with Crippen LogP contribution in [0.5, 0.6) is 0 Å². The summed E-state index contributed by atoms with van der Waals surface area (Å²) < 4.78 is 36.9. The molecule has 0 saturated heterocycles. The van der Waals surface area contributed by atoms with E-state index in [1.165, 1.54) is 24.7 Å². The molecule has 0 amide bonds. The Hall–Kier alpha value is -3.83. The Kier molecular flexibility index (Phi) is 7.03. The van der Waals surface area contributed by atoms with Crippen molar-refractivity contribution in [3.05, 3.63) is 95.5 Å². The van der Waals surface area contributed by atoms with E-state index >= 15 is 0 Å². The molecule has 0 bridgehead atoms. The van der Waals surface area contributed by atoms with Gasteiger partial charge in [-0.05, 0) is 30.8 Å². The van der Waals surface area contributed by atoms with Crippen molar-refractivity contribution < 1.29 is 17.6 Å². The first-order chi connectivity index (χ1) is 14.6. The number of nitrogens with two attached hydrogens (primary N) is 1. The molecule has 8 heteroatoms. The highest BCUT2D eigenvalue weighted by molar-refractivity contribution is 5.54. The van der Waals surface area contributed by atoms with Crippen molar-refractivity contribution in [2.24, 2.45) is 5.73 Å². The van der Waals surface area contributed by atoms with Gasteiger partial charge in [0, 0.05) is 6.42 Å². The van der Waals surface area contributed by atoms with E-state index in [9.17, 15) is 8.78 Å². The fourth-order valence-corrected chi connectivity index (χ4v) is 2.55. The van der Waals surface area contributed by atoms with Crippen LogP contribution in [0.1, 0.15) is 11.4 Å². The summed E-state index contributed by atoms with van der Waals surface area (Å²) in [5.74, 6) is -0.198. The molecule has 2 heterocycles. The molecular formula is C22H18F2N4O2. The van der Waals surface area contributed by atoms with Crippen LogP contribution in [0.25, 0.3) is 27.8 Å². The second kappa shape index (κ2) is 10.1. The van der Waals surface area contributed by atoms with Crippen LogP contribution in [0.3, 0.4) is 0 Å². The smallest absolute Gasteiger partial charge is 0.259 e. The van der Waals surface area contributed by atoms with Crippen molar-refractivity contribution in [3.63, 3.8) is 0 Å². The summed E-state index contributed by atoms with van der Waals surface area (Å²) in [6.07, 6.45) is 3.52. The maximum absolute atomic E-state index is 13.3. The third-order valence-electron chi connectivity index (χ3n) is 3.95. The molecule has 0 unspecified atom stereocenters. The van der Waals surface area contributed by atoms with Gasteiger partial charge in [0.05, 0.1) is 16.8 Å². The van der Waals surface area contributed by atoms with E-state index < -0.39 is 0 Å². The minimum absolute atomic E-state index is 0.151. The average molecular weight is 408 g/mol. The normalized spacial score (nSPS) is 10.2. The maximum atomic E-state index is 13.3. The van der Waals surface area contributed by atoms with Crippen LogP contribution in [0.15, 0.2) is 69.9 Å². The summed E-state index contributed by atoms with van der Waals surface area (Å²) in [5, 5.41) is 0. The lowest BCUT2D eigenvalue weighted by Crippen LogP contribution is -2.02. The van der Waals surface area contributed by atoms with Crippen LogP contribution < -0.4 is 5.73 Å². The minimum atomic E-state index is -0.381. The van der Waals surface area contributed by atoms with Crippen LogP contribution >= 0.6 is 0 Å². The lowest BCUT2D eigenvalue weighted by Gasteiger charge is -1.95. The van der Waals surface area contributed by atoms with Gasteiger partial charge in [-0.25, -0.2) is 25.3 Å². The number of halogens is 2. The Morgan fingerprint density at radius 3 is 1.83 bits per heavy atom. The van der Waals surface area contributed by atoms with E-state index in [1.807, 2.05) is 0 Å². The van der Waals surface area contributed by atoms with Gasteiger partial charge >= 0.3 is 0 Å². The predicted octanol–water partition coefficient (Wildman–Crippen LogP) is 4.88. The fourth-order valence-electron chi connectivity index (χ4n) is 2.55. The van der Waals surface area contributed by atoms with Gasteiger partial charge in [-0.3, -0.25) is 0 Å². The third kappa shape index (κ3) is 5.16. The number of benzene rings is 2. The van der Waals surface area contributed by atoms with E-state index in [4.69, 9.17) is 21.1 Å². The number of aromatic nitrogens is 2. The zero-order valence-electron chi connectivity index (χ0n) is 15.9. The lowest BCUT2D eigenvalue weighted by molar-refractivity contribution is 0.560. The standard InChI is InChI=1S/C11H7FN2O.C11H11FN2O/c1-13-6-8-7-15-11(14-8)9-4-2-3-5-10(9)12;12-10-4-2-1-3-9(10)11-14-8(5-6-13)7-15-11/h2-5,7H,6H2;1-4,7H,5-6,13H2. The Morgan fingerprint density at radius 2 is 1.33 bits per heavy atom. The molecule has 0 radical (unpaired) electrons. The summed E-state index contributed by atoms with van der Waals surface area (Å²) in [6, 6.07) is 12.6. The molecule has 0 spiro atoms. The average Bonchev–Trinajstić information content (AvgIpc) is 3.40. The van der Waals surface area contributed by atoms with Crippen molar-refractivity contribution in [2.45, 2.75) is 13.0 Å². The number of nitrogens with zero attached hydrogens (tertiary/aromatic N) is 3. The highest BCUT2D eigenvalue weighted by Gasteiger charge is 2.12. The minimum Gasteiger partial charge on any atom is -0.444 e. The molecule has 2 N–H and O–H groups in total. The molecule has 4 rings (SSSR count). The van der Waals surface area contributed by atoms with Gasteiger partial charge in [-0.1, -0.05) is 24.3 Å². The molecular weight excluding hydrogens is 390 g/mol. The van der Waals surface area contributed by atoms with Crippen molar-refractivity contribution >= 4 is 0 Å². The van der Waals surface area contributed by atoms with Crippen LogP contribution in [-0.2, 0) is 13.0 Å². The van der Waals surface area contributed by atoms with Gasteiger partial charge in [-0.15, -0.1) is 0 Å². The predicted molar refractivity (Wildman–Crippen MR) is 107 cm³/mol. The summed E-state index contributed by atoms with van der Waals surface area (Å²) in [6.45, 7) is 7.32. The number of oxazole rings is 2. The molecule has 6 nitrogen and oxygen atoms in total. The van der Waals surface area contributed by atoms with Crippen molar-refractivity contribution in [1.82, 2.24) is 9.97 Å². The fraction of sp³-hybridized carbons (Fsp3) is 0.136. The zero-order valence-corrected chi connectivity index (χ0v) is 15.9. The van der Waals surface area contributed by atoms with E-state index in [-0.39, 0.29) is 24.1 Å². The number of rotatable bonds is 5. The van der Waals surface area contributed by atoms with Gasteiger partial charge in [0.25, 0.3) is 6.54 Å². The molecule has 30 heavy (non-hydrogen) atoms. The van der Waals surface area contributed by atoms with Gasteiger partial charge in [0.15, 0.2) is 5.69 Å². The van der Waals surface area contributed by atoms with Crippen LogP contribution in [-0.4, -0.2) is 16.5 Å². The van der Waals surface area contributed by atoms with E-state index in [2.05, 4.69) is 14.8 Å². The van der Waals surface area contributed by atoms with Crippen molar-refractivity contribution in [1.29, 1.82) is 0 Å². The summed E-state index contributed by atoms with van der Waals surface area (Å²) in [5.41, 5.74) is 7.33. The molecule has 0 aliphatic heterocycles. The van der Waals surface area contributed by atoms with Gasteiger partial charge in [-0.2, -0.15) is 0 Å². The molecule has 0 saturated carbocycles. The second-order valence-corrected chi connectivity index (χ2v) is 6.10. The molecule has 2 aromatic heterocycles. The Balaban J connectivity index is 0.000000171. The molecule has 0 fully saturated rings. The molecule has 2 aromatic carbocycles. The van der Waals surface area contributed by atoms with E-state index in [0.717, 1.165) is 5.69 Å². The van der Waals surface area contributed by atoms with E-state index in [0.29, 0.717) is 35.7 Å². The first kappa shape index (κ1) is 20.9. The van der Waals surface area contributed by atoms with Crippen molar-refractivity contribution in [3.8, 4) is 22.9 Å².